The Morgan fingerprint density at radius 3 is 2.79 bits per heavy atom. The number of carbonyl (C=O) groups excluding carboxylic acids is 1. The topological polar surface area (TPSA) is 50.8 Å². The number of halogens is 1. The van der Waals surface area contributed by atoms with E-state index >= 15 is 0 Å². The lowest BCUT2D eigenvalue weighted by molar-refractivity contribution is -0.122. The third-order valence-electron chi connectivity index (χ3n) is 5.54. The Kier molecular flexibility index (Phi) is 6.30. The first kappa shape index (κ1) is 19.7. The normalized spacial score (nSPS) is 19.0. The van der Waals surface area contributed by atoms with E-state index in [0.717, 1.165) is 42.9 Å². The highest BCUT2D eigenvalue weighted by molar-refractivity contribution is 5.78. The summed E-state index contributed by atoms with van der Waals surface area (Å²) < 4.78 is 25.2. The minimum Gasteiger partial charge on any atom is -0.490 e. The number of nitrogens with one attached hydrogen (secondary N) is 1. The number of amides is 1. The molecule has 2 heterocycles. The molecule has 1 N–H and O–H groups in total. The SMILES string of the molecule is O=C(CN1CCCC1c1ccc2c(c1)OCCCO2)NCCc1ccccc1F. The predicted octanol–water partition coefficient (Wildman–Crippen LogP) is 3.48. The van der Waals surface area contributed by atoms with Gasteiger partial charge in [-0.1, -0.05) is 24.3 Å². The molecule has 0 radical (unpaired) electrons. The van der Waals surface area contributed by atoms with Gasteiger partial charge in [-0.25, -0.2) is 4.39 Å². The van der Waals surface area contributed by atoms with Crippen molar-refractivity contribution in [3.05, 3.63) is 59.4 Å². The number of hydrogen-bond donors (Lipinski definition) is 1. The van der Waals surface area contributed by atoms with Crippen molar-refractivity contribution in [2.24, 2.45) is 0 Å². The molecule has 2 aromatic rings. The van der Waals surface area contributed by atoms with Crippen molar-refractivity contribution in [1.29, 1.82) is 0 Å². The van der Waals surface area contributed by atoms with Crippen LogP contribution in [0.25, 0.3) is 0 Å². The molecule has 1 saturated heterocycles. The zero-order chi connectivity index (χ0) is 20.1. The van der Waals surface area contributed by atoms with Crippen LogP contribution in [0.15, 0.2) is 42.5 Å². The first-order valence-corrected chi connectivity index (χ1v) is 10.3. The average Bonchev–Trinajstić information content (AvgIpc) is 3.04. The molecule has 6 heteroatoms. The third kappa shape index (κ3) is 4.88. The number of carbonyl (C=O) groups is 1. The molecular weight excluding hydrogens is 371 g/mol. The molecule has 0 saturated carbocycles. The average molecular weight is 398 g/mol. The van der Waals surface area contributed by atoms with Crippen LogP contribution in [-0.4, -0.2) is 43.7 Å². The maximum atomic E-state index is 13.7. The Hall–Kier alpha value is -2.60. The Morgan fingerprint density at radius 2 is 1.93 bits per heavy atom. The van der Waals surface area contributed by atoms with Crippen LogP contribution in [0.2, 0.25) is 0 Å². The summed E-state index contributed by atoms with van der Waals surface area (Å²) in [5, 5.41) is 2.92. The van der Waals surface area contributed by atoms with Gasteiger partial charge in [0.2, 0.25) is 5.91 Å². The molecule has 2 aromatic carbocycles. The van der Waals surface area contributed by atoms with Gasteiger partial charge in [-0.05, 0) is 55.1 Å². The number of nitrogens with zero attached hydrogens (tertiary/aromatic N) is 1. The lowest BCUT2D eigenvalue weighted by atomic mass is 10.0. The summed E-state index contributed by atoms with van der Waals surface area (Å²) in [6.07, 6.45) is 3.44. The molecule has 1 fully saturated rings. The van der Waals surface area contributed by atoms with Gasteiger partial charge < -0.3 is 14.8 Å². The lowest BCUT2D eigenvalue weighted by Crippen LogP contribution is -2.37. The van der Waals surface area contributed by atoms with Gasteiger partial charge in [0.1, 0.15) is 5.82 Å². The van der Waals surface area contributed by atoms with Crippen LogP contribution in [-0.2, 0) is 11.2 Å². The van der Waals surface area contributed by atoms with E-state index in [1.807, 2.05) is 12.1 Å². The zero-order valence-electron chi connectivity index (χ0n) is 16.5. The predicted molar refractivity (Wildman–Crippen MR) is 109 cm³/mol. The van der Waals surface area contributed by atoms with E-state index in [9.17, 15) is 9.18 Å². The second-order valence-corrected chi connectivity index (χ2v) is 7.58. The van der Waals surface area contributed by atoms with Crippen LogP contribution in [0.1, 0.15) is 36.4 Å². The van der Waals surface area contributed by atoms with E-state index in [4.69, 9.17) is 9.47 Å². The van der Waals surface area contributed by atoms with Crippen molar-refractivity contribution >= 4 is 5.91 Å². The van der Waals surface area contributed by atoms with Crippen molar-refractivity contribution in [3.63, 3.8) is 0 Å². The Balaban J connectivity index is 1.33. The summed E-state index contributed by atoms with van der Waals surface area (Å²) in [6.45, 7) is 3.00. The summed E-state index contributed by atoms with van der Waals surface area (Å²) in [4.78, 5) is 14.6. The molecule has 4 rings (SSSR count). The van der Waals surface area contributed by atoms with Crippen molar-refractivity contribution in [3.8, 4) is 11.5 Å². The third-order valence-corrected chi connectivity index (χ3v) is 5.54. The largest absolute Gasteiger partial charge is 0.490 e. The van der Waals surface area contributed by atoms with Gasteiger partial charge in [-0.3, -0.25) is 9.69 Å². The molecule has 0 aromatic heterocycles. The van der Waals surface area contributed by atoms with E-state index < -0.39 is 0 Å². The fraction of sp³-hybridized carbons (Fsp3) is 0.435. The maximum Gasteiger partial charge on any atom is 0.234 e. The second-order valence-electron chi connectivity index (χ2n) is 7.58. The van der Waals surface area contributed by atoms with Crippen LogP contribution >= 0.6 is 0 Å². The fourth-order valence-corrected chi connectivity index (χ4v) is 4.06. The van der Waals surface area contributed by atoms with Crippen LogP contribution < -0.4 is 14.8 Å². The van der Waals surface area contributed by atoms with Gasteiger partial charge in [0.15, 0.2) is 11.5 Å². The summed E-state index contributed by atoms with van der Waals surface area (Å²) in [7, 11) is 0. The Labute approximate surface area is 170 Å². The molecule has 2 aliphatic heterocycles. The van der Waals surface area contributed by atoms with Crippen LogP contribution in [0, 0.1) is 5.82 Å². The van der Waals surface area contributed by atoms with Crippen LogP contribution in [0.3, 0.4) is 0 Å². The summed E-state index contributed by atoms with van der Waals surface area (Å²) in [5.74, 6) is 1.33. The summed E-state index contributed by atoms with van der Waals surface area (Å²) in [6, 6.07) is 13.0. The van der Waals surface area contributed by atoms with E-state index in [1.165, 1.54) is 6.07 Å². The van der Waals surface area contributed by atoms with Crippen molar-refractivity contribution < 1.29 is 18.7 Å². The smallest absolute Gasteiger partial charge is 0.234 e. The minimum absolute atomic E-state index is 0.0254. The molecule has 1 atom stereocenters. The highest BCUT2D eigenvalue weighted by atomic mass is 19.1. The van der Waals surface area contributed by atoms with E-state index in [-0.39, 0.29) is 17.8 Å². The van der Waals surface area contributed by atoms with Gasteiger partial charge >= 0.3 is 0 Å². The summed E-state index contributed by atoms with van der Waals surface area (Å²) in [5.41, 5.74) is 1.78. The van der Waals surface area contributed by atoms with Crippen molar-refractivity contribution in [2.75, 3.05) is 32.8 Å². The molecule has 29 heavy (non-hydrogen) atoms. The highest BCUT2D eigenvalue weighted by Crippen LogP contribution is 2.37. The number of hydrogen-bond acceptors (Lipinski definition) is 4. The number of benzene rings is 2. The fourth-order valence-electron chi connectivity index (χ4n) is 4.06. The van der Waals surface area contributed by atoms with Crippen LogP contribution in [0.4, 0.5) is 4.39 Å². The van der Waals surface area contributed by atoms with Gasteiger partial charge in [-0.2, -0.15) is 0 Å². The molecule has 2 aliphatic rings. The minimum atomic E-state index is -0.226. The number of fused-ring (bicyclic) bond motifs is 1. The first-order valence-electron chi connectivity index (χ1n) is 10.3. The van der Waals surface area contributed by atoms with Crippen molar-refractivity contribution in [1.82, 2.24) is 10.2 Å². The van der Waals surface area contributed by atoms with Crippen molar-refractivity contribution in [2.45, 2.75) is 31.7 Å². The number of ether oxygens (including phenoxy) is 2. The molecule has 0 spiro atoms. The highest BCUT2D eigenvalue weighted by Gasteiger charge is 2.28. The first-order chi connectivity index (χ1) is 14.2. The van der Waals surface area contributed by atoms with Gasteiger partial charge in [0.05, 0.1) is 19.8 Å². The monoisotopic (exact) mass is 398 g/mol. The Morgan fingerprint density at radius 1 is 1.10 bits per heavy atom. The van der Waals surface area contributed by atoms with Crippen LogP contribution in [0.5, 0.6) is 11.5 Å². The molecular formula is C23H27FN2O3. The van der Waals surface area contributed by atoms with E-state index in [0.29, 0.717) is 38.3 Å². The molecule has 1 amide bonds. The van der Waals surface area contributed by atoms with E-state index in [2.05, 4.69) is 22.3 Å². The zero-order valence-corrected chi connectivity index (χ0v) is 16.5. The molecule has 1 unspecified atom stereocenters. The van der Waals surface area contributed by atoms with Gasteiger partial charge in [0.25, 0.3) is 0 Å². The summed E-state index contributed by atoms with van der Waals surface area (Å²) >= 11 is 0. The molecule has 0 bridgehead atoms. The number of likely N-dealkylation sites (tertiary alicyclic amines) is 1. The molecule has 5 nitrogen and oxygen atoms in total. The molecule has 0 aliphatic carbocycles. The van der Waals surface area contributed by atoms with Gasteiger partial charge in [-0.15, -0.1) is 0 Å². The molecule has 154 valence electrons. The van der Waals surface area contributed by atoms with Gasteiger partial charge in [0, 0.05) is 19.0 Å². The Bertz CT molecular complexity index is 858. The van der Waals surface area contributed by atoms with E-state index in [1.54, 1.807) is 12.1 Å². The lowest BCUT2D eigenvalue weighted by Gasteiger charge is -2.25. The number of rotatable bonds is 6. The maximum absolute atomic E-state index is 13.7. The quantitative estimate of drug-likeness (QED) is 0.809. The second kappa shape index (κ2) is 9.27. The standard InChI is InChI=1S/C23H27FN2O3/c24-19-6-2-1-5-17(19)10-11-25-23(27)16-26-12-3-7-20(26)18-8-9-21-22(15-18)29-14-4-13-28-21/h1-2,5-6,8-9,15,20H,3-4,7,10-14,16H2,(H,25,27).